The molecule has 0 bridgehead atoms. The number of carbonyl (C=O) groups is 1. The molecule has 0 spiro atoms. The van der Waals surface area contributed by atoms with Crippen molar-refractivity contribution >= 4 is 28.5 Å². The highest BCUT2D eigenvalue weighted by Gasteiger charge is 2.14. The number of benzene rings is 3. The number of halogens is 1. The maximum atomic E-state index is 13.1. The fraction of sp³-hybridized carbons (Fsp3) is 0.241. The van der Waals surface area contributed by atoms with E-state index < -0.39 is 0 Å². The molecular weight excluding hydrogens is 464 g/mol. The first-order valence-electron chi connectivity index (χ1n) is 11.6. The maximum Gasteiger partial charge on any atom is 0.306 e. The fourth-order valence-electron chi connectivity index (χ4n) is 3.98. The summed E-state index contributed by atoms with van der Waals surface area (Å²) < 4.78 is 16.6. The van der Waals surface area contributed by atoms with Crippen molar-refractivity contribution < 1.29 is 18.7 Å². The Bertz CT molecular complexity index is 1360. The van der Waals surface area contributed by atoms with E-state index in [1.54, 1.807) is 12.1 Å². The van der Waals surface area contributed by atoms with Gasteiger partial charge in [0.15, 0.2) is 5.43 Å². The highest BCUT2D eigenvalue weighted by atomic mass is 35.5. The SMILES string of the molecule is Cc1c(Cl)ccc2occ(Cc3ccccc3CCC(=O)OCCOCc3ccccc3)c(=O)c12. The second-order valence-electron chi connectivity index (χ2n) is 8.34. The van der Waals surface area contributed by atoms with Crippen LogP contribution in [0.3, 0.4) is 0 Å². The lowest BCUT2D eigenvalue weighted by Crippen LogP contribution is -2.13. The van der Waals surface area contributed by atoms with Crippen LogP contribution in [0.5, 0.6) is 0 Å². The molecule has 0 aliphatic rings. The molecule has 0 amide bonds. The summed E-state index contributed by atoms with van der Waals surface area (Å²) in [6.45, 7) is 2.86. The number of esters is 1. The Morgan fingerprint density at radius 2 is 1.66 bits per heavy atom. The predicted molar refractivity (Wildman–Crippen MR) is 137 cm³/mol. The van der Waals surface area contributed by atoms with E-state index in [0.717, 1.165) is 16.7 Å². The molecular formula is C29H27ClO5. The summed E-state index contributed by atoms with van der Waals surface area (Å²) in [6, 6.07) is 21.1. The zero-order valence-corrected chi connectivity index (χ0v) is 20.3. The van der Waals surface area contributed by atoms with Crippen molar-refractivity contribution in [1.29, 1.82) is 0 Å². The van der Waals surface area contributed by atoms with Crippen molar-refractivity contribution in [2.24, 2.45) is 0 Å². The van der Waals surface area contributed by atoms with Crippen LogP contribution in [0.15, 0.2) is 82.2 Å². The van der Waals surface area contributed by atoms with Crippen LogP contribution in [-0.4, -0.2) is 19.2 Å². The van der Waals surface area contributed by atoms with Crippen molar-refractivity contribution in [3.05, 3.63) is 116 Å². The van der Waals surface area contributed by atoms with E-state index in [0.29, 0.717) is 53.2 Å². The number of hydrogen-bond acceptors (Lipinski definition) is 5. The van der Waals surface area contributed by atoms with E-state index in [1.165, 1.54) is 6.26 Å². The molecule has 0 N–H and O–H groups in total. The predicted octanol–water partition coefficient (Wildman–Crippen LogP) is 6.04. The topological polar surface area (TPSA) is 65.7 Å². The van der Waals surface area contributed by atoms with E-state index in [1.807, 2.05) is 61.5 Å². The van der Waals surface area contributed by atoms with Crippen LogP contribution in [0, 0.1) is 6.92 Å². The van der Waals surface area contributed by atoms with Crippen LogP contribution in [0.1, 0.15) is 34.2 Å². The summed E-state index contributed by atoms with van der Waals surface area (Å²) in [6.07, 6.45) is 2.68. The molecule has 180 valence electrons. The molecule has 6 heteroatoms. The van der Waals surface area contributed by atoms with Crippen molar-refractivity contribution in [2.75, 3.05) is 13.2 Å². The van der Waals surface area contributed by atoms with Crippen LogP contribution >= 0.6 is 11.6 Å². The van der Waals surface area contributed by atoms with Gasteiger partial charge in [-0.1, -0.05) is 66.2 Å². The third kappa shape index (κ3) is 6.38. The van der Waals surface area contributed by atoms with Gasteiger partial charge in [-0.2, -0.15) is 0 Å². The number of rotatable bonds is 10. The number of fused-ring (bicyclic) bond motifs is 1. The molecule has 0 aliphatic heterocycles. The average Bonchev–Trinajstić information content (AvgIpc) is 2.87. The van der Waals surface area contributed by atoms with E-state index in [-0.39, 0.29) is 24.4 Å². The van der Waals surface area contributed by atoms with Gasteiger partial charge in [-0.3, -0.25) is 9.59 Å². The molecule has 1 aromatic heterocycles. The highest BCUT2D eigenvalue weighted by Crippen LogP contribution is 2.24. The number of ether oxygens (including phenoxy) is 2. The smallest absolute Gasteiger partial charge is 0.306 e. The first-order chi connectivity index (χ1) is 17.0. The summed E-state index contributed by atoms with van der Waals surface area (Å²) in [4.78, 5) is 25.4. The van der Waals surface area contributed by atoms with Crippen molar-refractivity contribution in [3.63, 3.8) is 0 Å². The summed E-state index contributed by atoms with van der Waals surface area (Å²) in [5.41, 5.74) is 4.73. The average molecular weight is 491 g/mol. The highest BCUT2D eigenvalue weighted by molar-refractivity contribution is 6.32. The Balaban J connectivity index is 1.33. The van der Waals surface area contributed by atoms with Gasteiger partial charge in [-0.15, -0.1) is 0 Å². The molecule has 0 saturated carbocycles. The Morgan fingerprint density at radius 1 is 0.914 bits per heavy atom. The number of hydrogen-bond donors (Lipinski definition) is 0. The molecule has 0 aliphatic carbocycles. The van der Waals surface area contributed by atoms with Gasteiger partial charge in [-0.25, -0.2) is 0 Å². The molecule has 0 saturated heterocycles. The van der Waals surface area contributed by atoms with Gasteiger partial charge in [-0.05, 0) is 47.7 Å². The van der Waals surface area contributed by atoms with E-state index in [2.05, 4.69) is 0 Å². The van der Waals surface area contributed by atoms with Gasteiger partial charge in [0.25, 0.3) is 0 Å². The minimum atomic E-state index is -0.279. The third-order valence-corrected chi connectivity index (χ3v) is 6.32. The normalized spacial score (nSPS) is 11.0. The Labute approximate surface area is 209 Å². The summed E-state index contributed by atoms with van der Waals surface area (Å²) in [5.74, 6) is -0.279. The molecule has 0 unspecified atom stereocenters. The first-order valence-corrected chi connectivity index (χ1v) is 11.9. The van der Waals surface area contributed by atoms with Crippen molar-refractivity contribution in [1.82, 2.24) is 0 Å². The number of aryl methyl sites for hydroxylation is 2. The molecule has 4 rings (SSSR count). The van der Waals surface area contributed by atoms with Crippen molar-refractivity contribution in [2.45, 2.75) is 32.8 Å². The van der Waals surface area contributed by atoms with Gasteiger partial charge >= 0.3 is 5.97 Å². The summed E-state index contributed by atoms with van der Waals surface area (Å²) >= 11 is 6.22. The molecule has 1 heterocycles. The minimum absolute atomic E-state index is 0.0871. The maximum absolute atomic E-state index is 13.1. The van der Waals surface area contributed by atoms with Crippen LogP contribution in [0.25, 0.3) is 11.0 Å². The monoisotopic (exact) mass is 490 g/mol. The van der Waals surface area contributed by atoms with E-state index in [9.17, 15) is 9.59 Å². The fourth-order valence-corrected chi connectivity index (χ4v) is 4.14. The lowest BCUT2D eigenvalue weighted by Gasteiger charge is -2.11. The lowest BCUT2D eigenvalue weighted by molar-refractivity contribution is -0.145. The minimum Gasteiger partial charge on any atom is -0.464 e. The van der Waals surface area contributed by atoms with E-state index in [4.69, 9.17) is 25.5 Å². The van der Waals surface area contributed by atoms with Crippen molar-refractivity contribution in [3.8, 4) is 0 Å². The zero-order chi connectivity index (χ0) is 24.6. The van der Waals surface area contributed by atoms with Crippen LogP contribution < -0.4 is 5.43 Å². The first kappa shape index (κ1) is 24.7. The largest absolute Gasteiger partial charge is 0.464 e. The van der Waals surface area contributed by atoms with Crippen LogP contribution in [0.2, 0.25) is 5.02 Å². The summed E-state index contributed by atoms with van der Waals surface area (Å²) in [7, 11) is 0. The Morgan fingerprint density at radius 3 is 2.46 bits per heavy atom. The Hall–Kier alpha value is -3.41. The van der Waals surface area contributed by atoms with Crippen LogP contribution in [-0.2, 0) is 33.7 Å². The molecule has 0 fully saturated rings. The van der Waals surface area contributed by atoms with Gasteiger partial charge in [0.05, 0.1) is 24.9 Å². The molecule has 0 radical (unpaired) electrons. The lowest BCUT2D eigenvalue weighted by atomic mass is 9.96. The summed E-state index contributed by atoms with van der Waals surface area (Å²) in [5, 5.41) is 1.04. The van der Waals surface area contributed by atoms with Crippen LogP contribution in [0.4, 0.5) is 0 Å². The second-order valence-corrected chi connectivity index (χ2v) is 8.75. The third-order valence-electron chi connectivity index (χ3n) is 5.91. The zero-order valence-electron chi connectivity index (χ0n) is 19.6. The molecule has 5 nitrogen and oxygen atoms in total. The van der Waals surface area contributed by atoms with Gasteiger partial charge in [0.2, 0.25) is 0 Å². The van der Waals surface area contributed by atoms with E-state index >= 15 is 0 Å². The second kappa shape index (κ2) is 11.8. The molecule has 3 aromatic carbocycles. The molecule has 0 atom stereocenters. The Kier molecular flexibility index (Phi) is 8.35. The standard InChI is InChI=1S/C29H27ClO5/c1-20-25(30)12-13-26-28(20)29(32)24(19-35-26)17-23-10-6-5-9-22(23)11-14-27(31)34-16-15-33-18-21-7-3-2-4-8-21/h2-10,12-13,19H,11,14-18H2,1H3. The number of carbonyl (C=O) groups excluding carboxylic acids is 1. The van der Waals surface area contributed by atoms with Gasteiger partial charge in [0.1, 0.15) is 12.2 Å². The van der Waals surface area contributed by atoms with Gasteiger partial charge in [0, 0.05) is 23.4 Å². The molecule has 4 aromatic rings. The quantitative estimate of drug-likeness (QED) is 0.200. The van der Waals surface area contributed by atoms with Gasteiger partial charge < -0.3 is 13.9 Å². The molecule has 35 heavy (non-hydrogen) atoms.